The van der Waals surface area contributed by atoms with E-state index in [4.69, 9.17) is 4.74 Å². The SMILES string of the molecule is C=C(C)C(=O)OC1CC(C)(C)N(OC(F)(F)F)C(C)(C)C1. The minimum Gasteiger partial charge on any atom is -0.459 e. The van der Waals surface area contributed by atoms with Crippen LogP contribution in [-0.2, 0) is 14.4 Å². The summed E-state index contributed by atoms with van der Waals surface area (Å²) >= 11 is 0. The van der Waals surface area contributed by atoms with E-state index < -0.39 is 29.5 Å². The molecule has 0 N–H and O–H groups in total. The summed E-state index contributed by atoms with van der Waals surface area (Å²) in [7, 11) is 0. The monoisotopic (exact) mass is 309 g/mol. The van der Waals surface area contributed by atoms with Crippen LogP contribution in [0.3, 0.4) is 0 Å². The van der Waals surface area contributed by atoms with Crippen molar-refractivity contribution >= 4 is 5.97 Å². The first-order valence-electron chi connectivity index (χ1n) is 6.67. The lowest BCUT2D eigenvalue weighted by molar-refractivity contribution is -0.457. The van der Waals surface area contributed by atoms with Gasteiger partial charge in [-0.15, -0.1) is 13.2 Å². The molecule has 0 aromatic heterocycles. The largest absolute Gasteiger partial charge is 0.539 e. The molecule has 1 rings (SSSR count). The van der Waals surface area contributed by atoms with Gasteiger partial charge in [-0.2, -0.15) is 9.90 Å². The minimum atomic E-state index is -4.75. The highest BCUT2D eigenvalue weighted by molar-refractivity contribution is 5.87. The maximum Gasteiger partial charge on any atom is 0.539 e. The summed E-state index contributed by atoms with van der Waals surface area (Å²) in [5, 5.41) is 0.950. The molecule has 122 valence electrons. The van der Waals surface area contributed by atoms with Crippen LogP contribution in [-0.4, -0.2) is 34.6 Å². The third-order valence-corrected chi connectivity index (χ3v) is 3.37. The predicted molar refractivity (Wildman–Crippen MR) is 71.1 cm³/mol. The summed E-state index contributed by atoms with van der Waals surface area (Å²) in [6.45, 7) is 11.5. The van der Waals surface area contributed by atoms with Crippen molar-refractivity contribution < 1.29 is 27.5 Å². The molecule has 0 saturated carbocycles. The van der Waals surface area contributed by atoms with E-state index in [1.54, 1.807) is 27.7 Å². The molecule has 7 heteroatoms. The Kier molecular flexibility index (Phi) is 4.80. The highest BCUT2D eigenvalue weighted by Crippen LogP contribution is 2.42. The Morgan fingerprint density at radius 3 is 1.95 bits per heavy atom. The van der Waals surface area contributed by atoms with Gasteiger partial charge < -0.3 is 4.74 Å². The van der Waals surface area contributed by atoms with Gasteiger partial charge in [-0.3, -0.25) is 0 Å². The van der Waals surface area contributed by atoms with Crippen LogP contribution in [0.5, 0.6) is 0 Å². The summed E-state index contributed by atoms with van der Waals surface area (Å²) in [5.41, 5.74) is -1.60. The Morgan fingerprint density at radius 1 is 1.19 bits per heavy atom. The molecule has 0 bridgehead atoms. The van der Waals surface area contributed by atoms with Gasteiger partial charge in [-0.1, -0.05) is 6.58 Å². The highest BCUT2D eigenvalue weighted by Gasteiger charge is 2.51. The molecule has 0 unspecified atom stereocenters. The Balaban J connectivity index is 2.92. The van der Waals surface area contributed by atoms with Crippen LogP contribution in [0.25, 0.3) is 0 Å². The smallest absolute Gasteiger partial charge is 0.459 e. The zero-order valence-electron chi connectivity index (χ0n) is 13.0. The molecule has 0 aliphatic carbocycles. The number of hydroxylamine groups is 2. The van der Waals surface area contributed by atoms with Crippen LogP contribution in [0.4, 0.5) is 13.2 Å². The van der Waals surface area contributed by atoms with Crippen LogP contribution in [0.15, 0.2) is 12.2 Å². The summed E-state index contributed by atoms with van der Waals surface area (Å²) in [6.07, 6.45) is -4.75. The van der Waals surface area contributed by atoms with Crippen LogP contribution in [0, 0.1) is 0 Å². The van der Waals surface area contributed by atoms with Crippen molar-refractivity contribution in [1.82, 2.24) is 5.06 Å². The van der Waals surface area contributed by atoms with Crippen molar-refractivity contribution in [2.45, 2.75) is 71.0 Å². The summed E-state index contributed by atoms with van der Waals surface area (Å²) in [6, 6.07) is 0. The van der Waals surface area contributed by atoms with E-state index in [0.717, 1.165) is 5.06 Å². The van der Waals surface area contributed by atoms with Gasteiger partial charge >= 0.3 is 12.3 Å². The van der Waals surface area contributed by atoms with Crippen LogP contribution in [0.1, 0.15) is 47.5 Å². The first kappa shape index (κ1) is 18.0. The fourth-order valence-electron chi connectivity index (χ4n) is 2.86. The molecular weight excluding hydrogens is 287 g/mol. The molecule has 21 heavy (non-hydrogen) atoms. The van der Waals surface area contributed by atoms with Crippen LogP contribution < -0.4 is 0 Å². The molecular formula is C14H22F3NO3. The van der Waals surface area contributed by atoms with Crippen molar-refractivity contribution in [3.05, 3.63) is 12.2 Å². The van der Waals surface area contributed by atoms with E-state index >= 15 is 0 Å². The second kappa shape index (κ2) is 5.61. The van der Waals surface area contributed by atoms with Crippen molar-refractivity contribution in [2.75, 3.05) is 0 Å². The molecule has 0 aromatic rings. The number of alkyl halides is 3. The highest BCUT2D eigenvalue weighted by atomic mass is 19.4. The lowest BCUT2D eigenvalue weighted by atomic mass is 9.80. The van der Waals surface area contributed by atoms with Gasteiger partial charge in [0.1, 0.15) is 6.10 Å². The zero-order chi connectivity index (χ0) is 16.6. The van der Waals surface area contributed by atoms with Crippen molar-refractivity contribution in [2.24, 2.45) is 0 Å². The Bertz CT molecular complexity index is 412. The third-order valence-electron chi connectivity index (χ3n) is 3.37. The Morgan fingerprint density at radius 2 is 1.62 bits per heavy atom. The molecule has 4 nitrogen and oxygen atoms in total. The van der Waals surface area contributed by atoms with Gasteiger partial charge in [0.2, 0.25) is 0 Å². The second-order valence-corrected chi connectivity index (χ2v) is 6.67. The molecule has 1 fully saturated rings. The number of esters is 1. The van der Waals surface area contributed by atoms with E-state index in [-0.39, 0.29) is 18.4 Å². The molecule has 0 amide bonds. The first-order chi connectivity index (χ1) is 9.24. The van der Waals surface area contributed by atoms with Crippen molar-refractivity contribution in [3.63, 3.8) is 0 Å². The van der Waals surface area contributed by atoms with E-state index in [2.05, 4.69) is 11.4 Å². The number of ether oxygens (including phenoxy) is 1. The minimum absolute atomic E-state index is 0.242. The number of piperidine rings is 1. The van der Waals surface area contributed by atoms with Gasteiger partial charge in [0.05, 0.1) is 0 Å². The van der Waals surface area contributed by atoms with Crippen molar-refractivity contribution in [3.8, 4) is 0 Å². The van der Waals surface area contributed by atoms with Gasteiger partial charge in [-0.05, 0) is 34.6 Å². The average Bonchev–Trinajstić information content (AvgIpc) is 2.21. The normalized spacial score (nSPS) is 22.9. The van der Waals surface area contributed by atoms with E-state index in [0.29, 0.717) is 0 Å². The number of hydrogen-bond donors (Lipinski definition) is 0. The van der Waals surface area contributed by atoms with Gasteiger partial charge in [-0.25, -0.2) is 4.79 Å². The molecule has 1 heterocycles. The zero-order valence-corrected chi connectivity index (χ0v) is 13.0. The fraction of sp³-hybridized carbons (Fsp3) is 0.786. The Hall–Kier alpha value is -1.08. The number of halogens is 3. The maximum absolute atomic E-state index is 12.6. The summed E-state index contributed by atoms with van der Waals surface area (Å²) in [5.74, 6) is -0.531. The summed E-state index contributed by atoms with van der Waals surface area (Å²) < 4.78 is 43.0. The number of carbonyl (C=O) groups excluding carboxylic acids is 1. The first-order valence-corrected chi connectivity index (χ1v) is 6.67. The molecule has 0 aromatic carbocycles. The number of hydrogen-bond acceptors (Lipinski definition) is 4. The maximum atomic E-state index is 12.6. The summed E-state index contributed by atoms with van der Waals surface area (Å²) in [4.78, 5) is 15.8. The number of rotatable bonds is 3. The lowest BCUT2D eigenvalue weighted by Gasteiger charge is -2.53. The second-order valence-electron chi connectivity index (χ2n) is 6.67. The average molecular weight is 309 g/mol. The van der Waals surface area contributed by atoms with Crippen LogP contribution in [0.2, 0.25) is 0 Å². The third kappa shape index (κ3) is 4.71. The quantitative estimate of drug-likeness (QED) is 0.590. The number of carbonyl (C=O) groups is 1. The van der Waals surface area contributed by atoms with E-state index in [1.165, 1.54) is 6.92 Å². The van der Waals surface area contributed by atoms with Gasteiger partial charge in [0, 0.05) is 29.5 Å². The molecule has 0 atom stereocenters. The molecule has 1 saturated heterocycles. The van der Waals surface area contributed by atoms with Gasteiger partial charge in [0.25, 0.3) is 0 Å². The fourth-order valence-corrected chi connectivity index (χ4v) is 2.86. The Labute approximate surface area is 122 Å². The predicted octanol–water partition coefficient (Wildman–Crippen LogP) is 3.58. The molecule has 0 radical (unpaired) electrons. The topological polar surface area (TPSA) is 38.8 Å². The lowest BCUT2D eigenvalue weighted by Crippen LogP contribution is -2.63. The molecule has 1 aliphatic heterocycles. The molecule has 1 aliphatic rings. The standard InChI is InChI=1S/C14H22F3NO3/c1-9(2)11(19)20-10-7-12(3,4)18(13(5,6)8-10)21-14(15,16)17/h10H,1,7-8H2,2-6H3. The van der Waals surface area contributed by atoms with E-state index in [1.807, 2.05) is 0 Å². The molecule has 0 spiro atoms. The van der Waals surface area contributed by atoms with Gasteiger partial charge in [0.15, 0.2) is 0 Å². The van der Waals surface area contributed by atoms with Crippen molar-refractivity contribution in [1.29, 1.82) is 0 Å². The van der Waals surface area contributed by atoms with E-state index in [9.17, 15) is 18.0 Å². The number of nitrogens with zero attached hydrogens (tertiary/aromatic N) is 1. The van der Waals surface area contributed by atoms with Crippen LogP contribution >= 0.6 is 0 Å².